The molecule has 5 aromatic rings. The van der Waals surface area contributed by atoms with Gasteiger partial charge in [-0.3, -0.25) is 19.5 Å². The Morgan fingerprint density at radius 3 is 2.45 bits per heavy atom. The number of benzene rings is 2. The molecular formula is C24H17N3O3S. The zero-order chi connectivity index (χ0) is 21.6. The van der Waals surface area contributed by atoms with Crippen molar-refractivity contribution in [3.63, 3.8) is 0 Å². The van der Waals surface area contributed by atoms with E-state index in [0.29, 0.717) is 27.4 Å². The van der Waals surface area contributed by atoms with Crippen molar-refractivity contribution in [1.29, 1.82) is 0 Å². The van der Waals surface area contributed by atoms with Crippen LogP contribution in [-0.2, 0) is 10.0 Å². The van der Waals surface area contributed by atoms with Crippen molar-refractivity contribution in [3.05, 3.63) is 89.3 Å². The molecule has 0 spiro atoms. The van der Waals surface area contributed by atoms with E-state index in [1.165, 1.54) is 0 Å². The summed E-state index contributed by atoms with van der Waals surface area (Å²) in [6.07, 6.45) is 4.57. The third-order valence-electron chi connectivity index (χ3n) is 5.14. The van der Waals surface area contributed by atoms with Gasteiger partial charge in [0.25, 0.3) is 0 Å². The standard InChI is InChI=1S/C24H17N3O3S/c1-31(29,30)27-17-9-7-15-8-10-23-21(24(28)20(15)13-17)12-16(14-26-23)18-4-2-6-22-19(18)5-3-11-25-22/h2-14,27H,1H3. The smallest absolute Gasteiger partial charge is 0.229 e. The second-order valence-electron chi connectivity index (χ2n) is 7.37. The van der Waals surface area contributed by atoms with Crippen LogP contribution in [0.3, 0.4) is 0 Å². The van der Waals surface area contributed by atoms with Gasteiger partial charge < -0.3 is 0 Å². The van der Waals surface area contributed by atoms with Crippen molar-refractivity contribution in [2.75, 3.05) is 11.0 Å². The normalized spacial score (nSPS) is 11.8. The van der Waals surface area contributed by atoms with Gasteiger partial charge in [-0.15, -0.1) is 0 Å². The molecule has 6 nitrogen and oxygen atoms in total. The van der Waals surface area contributed by atoms with E-state index in [4.69, 9.17) is 0 Å². The zero-order valence-electron chi connectivity index (χ0n) is 16.5. The Morgan fingerprint density at radius 2 is 1.61 bits per heavy atom. The average molecular weight is 427 g/mol. The summed E-state index contributed by atoms with van der Waals surface area (Å²) >= 11 is 0. The highest BCUT2D eigenvalue weighted by atomic mass is 32.2. The lowest BCUT2D eigenvalue weighted by Gasteiger charge is -2.06. The van der Waals surface area contributed by atoms with Gasteiger partial charge in [-0.25, -0.2) is 8.42 Å². The van der Waals surface area contributed by atoms with Gasteiger partial charge in [0.05, 0.1) is 17.3 Å². The molecule has 0 saturated carbocycles. The molecule has 0 aliphatic heterocycles. The molecule has 5 rings (SSSR count). The van der Waals surface area contributed by atoms with Crippen molar-refractivity contribution >= 4 is 48.3 Å². The Morgan fingerprint density at radius 1 is 0.806 bits per heavy atom. The fourth-order valence-corrected chi connectivity index (χ4v) is 4.34. The molecule has 0 atom stereocenters. The first-order valence-electron chi connectivity index (χ1n) is 9.58. The minimum Gasteiger partial charge on any atom is -0.289 e. The molecular weight excluding hydrogens is 410 g/mol. The minimum atomic E-state index is -3.45. The van der Waals surface area contributed by atoms with Crippen LogP contribution in [0.4, 0.5) is 5.69 Å². The first-order chi connectivity index (χ1) is 14.9. The largest absolute Gasteiger partial charge is 0.289 e. The van der Waals surface area contributed by atoms with Crippen LogP contribution in [0.15, 0.2) is 83.9 Å². The second kappa shape index (κ2) is 7.14. The third-order valence-corrected chi connectivity index (χ3v) is 5.75. The molecule has 0 unspecified atom stereocenters. The summed E-state index contributed by atoms with van der Waals surface area (Å²) in [6.45, 7) is 0. The maximum atomic E-state index is 13.4. The average Bonchev–Trinajstić information content (AvgIpc) is 2.89. The Kier molecular flexibility index (Phi) is 4.41. The van der Waals surface area contributed by atoms with Crippen LogP contribution in [0.25, 0.3) is 43.7 Å². The number of hydrogen-bond acceptors (Lipinski definition) is 5. The SMILES string of the molecule is CS(=O)(=O)Nc1ccc2ccc3ncc(-c4cccc5ncccc45)cc3c(=O)c2c1. The molecule has 152 valence electrons. The van der Waals surface area contributed by atoms with Crippen LogP contribution in [0.1, 0.15) is 0 Å². The van der Waals surface area contributed by atoms with Crippen LogP contribution >= 0.6 is 0 Å². The van der Waals surface area contributed by atoms with Crippen molar-refractivity contribution < 1.29 is 8.42 Å². The molecule has 2 heterocycles. The summed E-state index contributed by atoms with van der Waals surface area (Å²) in [5, 5.41) is 2.56. The van der Waals surface area contributed by atoms with Gasteiger partial charge in [-0.1, -0.05) is 30.3 Å². The lowest BCUT2D eigenvalue weighted by molar-refractivity contribution is 0.607. The Balaban J connectivity index is 1.78. The molecule has 0 bridgehead atoms. The Bertz CT molecular complexity index is 1660. The quantitative estimate of drug-likeness (QED) is 0.463. The molecule has 0 aliphatic rings. The Labute approximate surface area is 178 Å². The fraction of sp³-hybridized carbons (Fsp3) is 0.0417. The summed E-state index contributed by atoms with van der Waals surface area (Å²) in [4.78, 5) is 22.4. The highest BCUT2D eigenvalue weighted by molar-refractivity contribution is 7.92. The van der Waals surface area contributed by atoms with Crippen molar-refractivity contribution in [1.82, 2.24) is 9.97 Å². The molecule has 0 aliphatic carbocycles. The van der Waals surface area contributed by atoms with Gasteiger partial charge in [0.15, 0.2) is 5.43 Å². The van der Waals surface area contributed by atoms with Crippen molar-refractivity contribution in [3.8, 4) is 11.1 Å². The summed E-state index contributed by atoms with van der Waals surface area (Å²) in [5.41, 5.74) is 3.32. The van der Waals surface area contributed by atoms with E-state index < -0.39 is 10.0 Å². The molecule has 0 radical (unpaired) electrons. The number of sulfonamides is 1. The highest BCUT2D eigenvalue weighted by Crippen LogP contribution is 2.29. The fourth-order valence-electron chi connectivity index (χ4n) is 3.78. The van der Waals surface area contributed by atoms with Gasteiger partial charge in [0.1, 0.15) is 0 Å². The molecule has 1 N–H and O–H groups in total. The van der Waals surface area contributed by atoms with Gasteiger partial charge >= 0.3 is 0 Å². The first kappa shape index (κ1) is 19.1. The molecule has 31 heavy (non-hydrogen) atoms. The predicted molar refractivity (Wildman–Crippen MR) is 125 cm³/mol. The molecule has 0 saturated heterocycles. The number of pyridine rings is 2. The number of nitrogens with zero attached hydrogens (tertiary/aromatic N) is 2. The van der Waals surface area contributed by atoms with E-state index in [-0.39, 0.29) is 5.43 Å². The first-order valence-corrected chi connectivity index (χ1v) is 11.5. The highest BCUT2D eigenvalue weighted by Gasteiger charge is 2.10. The Hall–Kier alpha value is -3.84. The summed E-state index contributed by atoms with van der Waals surface area (Å²) in [6, 6.07) is 20.1. The lowest BCUT2D eigenvalue weighted by Crippen LogP contribution is -2.10. The number of hydrogen-bond donors (Lipinski definition) is 1. The van der Waals surface area contributed by atoms with Crippen molar-refractivity contribution in [2.45, 2.75) is 0 Å². The molecule has 7 heteroatoms. The number of rotatable bonds is 3. The second-order valence-corrected chi connectivity index (χ2v) is 9.12. The van der Waals surface area contributed by atoms with E-state index in [0.717, 1.165) is 28.3 Å². The zero-order valence-corrected chi connectivity index (χ0v) is 17.3. The van der Waals surface area contributed by atoms with Gasteiger partial charge in [-0.05, 0) is 47.3 Å². The maximum absolute atomic E-state index is 13.4. The maximum Gasteiger partial charge on any atom is 0.229 e. The summed E-state index contributed by atoms with van der Waals surface area (Å²) in [7, 11) is -3.45. The molecule has 0 fully saturated rings. The lowest BCUT2D eigenvalue weighted by atomic mass is 10.0. The number of aromatic nitrogens is 2. The van der Waals surface area contributed by atoms with Crippen LogP contribution in [0.5, 0.6) is 0 Å². The van der Waals surface area contributed by atoms with E-state index in [1.54, 1.807) is 36.7 Å². The minimum absolute atomic E-state index is 0.208. The summed E-state index contributed by atoms with van der Waals surface area (Å²) in [5.74, 6) is 0. The number of fused-ring (bicyclic) bond motifs is 3. The van der Waals surface area contributed by atoms with E-state index in [2.05, 4.69) is 14.7 Å². The van der Waals surface area contributed by atoms with Crippen LogP contribution in [0.2, 0.25) is 0 Å². The van der Waals surface area contributed by atoms with Crippen molar-refractivity contribution in [2.24, 2.45) is 0 Å². The molecule has 3 aromatic carbocycles. The third kappa shape index (κ3) is 3.60. The van der Waals surface area contributed by atoms with E-state index in [1.807, 2.05) is 42.5 Å². The predicted octanol–water partition coefficient (Wildman–Crippen LogP) is 4.33. The monoisotopic (exact) mass is 427 g/mol. The van der Waals surface area contributed by atoms with Crippen LogP contribution in [-0.4, -0.2) is 24.6 Å². The van der Waals surface area contributed by atoms with Gasteiger partial charge in [0.2, 0.25) is 10.0 Å². The van der Waals surface area contributed by atoms with Crippen LogP contribution < -0.4 is 10.2 Å². The number of nitrogens with one attached hydrogen (secondary N) is 1. The molecule has 0 amide bonds. The van der Waals surface area contributed by atoms with Gasteiger partial charge in [0, 0.05) is 39.8 Å². The van der Waals surface area contributed by atoms with Gasteiger partial charge in [-0.2, -0.15) is 0 Å². The van der Waals surface area contributed by atoms with E-state index >= 15 is 0 Å². The molecule has 2 aromatic heterocycles. The van der Waals surface area contributed by atoms with Crippen LogP contribution in [0, 0.1) is 0 Å². The topological polar surface area (TPSA) is 89.0 Å². The number of anilines is 1. The summed E-state index contributed by atoms with van der Waals surface area (Å²) < 4.78 is 25.6. The van der Waals surface area contributed by atoms with E-state index in [9.17, 15) is 13.2 Å².